The molecule has 1 aromatic rings. The summed E-state index contributed by atoms with van der Waals surface area (Å²) in [6, 6.07) is 8.84. The van der Waals surface area contributed by atoms with E-state index in [1.165, 1.54) is 37.3 Å². The van der Waals surface area contributed by atoms with Gasteiger partial charge in [0, 0.05) is 31.9 Å². The third-order valence-electron chi connectivity index (χ3n) is 3.64. The molecule has 0 saturated carbocycles. The van der Waals surface area contributed by atoms with E-state index >= 15 is 0 Å². The van der Waals surface area contributed by atoms with E-state index in [9.17, 15) is 0 Å². The van der Waals surface area contributed by atoms with Crippen LogP contribution < -0.4 is 10.2 Å². The second-order valence-electron chi connectivity index (χ2n) is 5.12. The minimum Gasteiger partial charge on any atom is -0.369 e. The number of hydrogen-bond donors (Lipinski definition) is 1. The lowest BCUT2D eigenvalue weighted by atomic mass is 10.2. The summed E-state index contributed by atoms with van der Waals surface area (Å²) in [5.74, 6) is 0. The van der Waals surface area contributed by atoms with Crippen molar-refractivity contribution in [2.24, 2.45) is 0 Å². The molecule has 1 aliphatic heterocycles. The monoisotopic (exact) mass is 247 g/mol. The first-order valence-electron chi connectivity index (χ1n) is 6.98. The van der Waals surface area contributed by atoms with Crippen molar-refractivity contribution in [3.8, 4) is 0 Å². The van der Waals surface area contributed by atoms with Gasteiger partial charge in [-0.15, -0.1) is 0 Å². The number of nitrogens with zero attached hydrogens (tertiary/aromatic N) is 2. The molecule has 0 atom stereocenters. The minimum absolute atomic E-state index is 1.12. The Kier molecular flexibility index (Phi) is 5.02. The highest BCUT2D eigenvalue weighted by molar-refractivity contribution is 5.48. The molecule has 1 fully saturated rings. The van der Waals surface area contributed by atoms with E-state index in [4.69, 9.17) is 0 Å². The van der Waals surface area contributed by atoms with Crippen molar-refractivity contribution in [1.29, 1.82) is 0 Å². The van der Waals surface area contributed by atoms with Crippen molar-refractivity contribution in [1.82, 2.24) is 10.2 Å². The Morgan fingerprint density at radius 2 is 1.94 bits per heavy atom. The van der Waals surface area contributed by atoms with Crippen molar-refractivity contribution in [2.75, 3.05) is 51.2 Å². The molecule has 1 aliphatic rings. The molecule has 1 aromatic carbocycles. The third kappa shape index (κ3) is 3.72. The maximum atomic E-state index is 3.21. The molecule has 0 spiro atoms. The van der Waals surface area contributed by atoms with Gasteiger partial charge in [0.15, 0.2) is 0 Å². The molecule has 0 bridgehead atoms. The number of nitrogens with one attached hydrogen (secondary N) is 1. The molecular formula is C15H25N3. The highest BCUT2D eigenvalue weighted by Gasteiger charge is 2.16. The van der Waals surface area contributed by atoms with Crippen molar-refractivity contribution in [3.63, 3.8) is 0 Å². The number of anilines is 1. The van der Waals surface area contributed by atoms with Crippen LogP contribution in [0.4, 0.5) is 5.69 Å². The van der Waals surface area contributed by atoms with Gasteiger partial charge in [0.25, 0.3) is 0 Å². The number of hydrogen-bond acceptors (Lipinski definition) is 3. The van der Waals surface area contributed by atoms with Crippen LogP contribution in [0.2, 0.25) is 0 Å². The van der Waals surface area contributed by atoms with Crippen LogP contribution >= 0.6 is 0 Å². The molecule has 0 aliphatic carbocycles. The average molecular weight is 247 g/mol. The van der Waals surface area contributed by atoms with Gasteiger partial charge in [-0.25, -0.2) is 0 Å². The Bertz CT molecular complexity index is 357. The van der Waals surface area contributed by atoms with Crippen molar-refractivity contribution < 1.29 is 0 Å². The number of benzene rings is 1. The van der Waals surface area contributed by atoms with Gasteiger partial charge in [0.05, 0.1) is 0 Å². The van der Waals surface area contributed by atoms with Gasteiger partial charge in [0.1, 0.15) is 0 Å². The molecule has 2 rings (SSSR count). The molecule has 0 unspecified atom stereocenters. The SMILES string of the molecule is CNCCCN1CCN(c2cccc(C)c2)CC1. The molecular weight excluding hydrogens is 222 g/mol. The average Bonchev–Trinajstić information content (AvgIpc) is 2.40. The van der Waals surface area contributed by atoms with Crippen molar-refractivity contribution in [2.45, 2.75) is 13.3 Å². The van der Waals surface area contributed by atoms with Gasteiger partial charge in [-0.05, 0) is 51.2 Å². The lowest BCUT2D eigenvalue weighted by Gasteiger charge is -2.36. The first-order valence-corrected chi connectivity index (χ1v) is 6.98. The van der Waals surface area contributed by atoms with Gasteiger partial charge in [-0.2, -0.15) is 0 Å². The van der Waals surface area contributed by atoms with E-state index in [0.29, 0.717) is 0 Å². The molecule has 100 valence electrons. The van der Waals surface area contributed by atoms with E-state index in [1.807, 2.05) is 7.05 Å². The van der Waals surface area contributed by atoms with E-state index in [-0.39, 0.29) is 0 Å². The van der Waals surface area contributed by atoms with E-state index < -0.39 is 0 Å². The van der Waals surface area contributed by atoms with E-state index in [2.05, 4.69) is 46.3 Å². The summed E-state index contributed by atoms with van der Waals surface area (Å²) >= 11 is 0. The van der Waals surface area contributed by atoms with Gasteiger partial charge in [0.2, 0.25) is 0 Å². The Hall–Kier alpha value is -1.06. The molecule has 0 radical (unpaired) electrons. The zero-order valence-electron chi connectivity index (χ0n) is 11.7. The predicted octanol–water partition coefficient (Wildman–Crippen LogP) is 1.73. The fourth-order valence-corrected chi connectivity index (χ4v) is 2.53. The van der Waals surface area contributed by atoms with Crippen LogP contribution in [0, 0.1) is 6.92 Å². The number of rotatable bonds is 5. The van der Waals surface area contributed by atoms with E-state index in [1.54, 1.807) is 0 Å². The number of piperazine rings is 1. The predicted molar refractivity (Wildman–Crippen MR) is 78.4 cm³/mol. The molecule has 18 heavy (non-hydrogen) atoms. The molecule has 1 heterocycles. The summed E-state index contributed by atoms with van der Waals surface area (Å²) in [4.78, 5) is 5.07. The summed E-state index contributed by atoms with van der Waals surface area (Å²) in [5, 5.41) is 3.21. The van der Waals surface area contributed by atoms with Crippen LogP contribution in [0.15, 0.2) is 24.3 Å². The third-order valence-corrected chi connectivity index (χ3v) is 3.64. The maximum Gasteiger partial charge on any atom is 0.0369 e. The Labute approximate surface area is 111 Å². The minimum atomic E-state index is 1.12. The fourth-order valence-electron chi connectivity index (χ4n) is 2.53. The lowest BCUT2D eigenvalue weighted by molar-refractivity contribution is 0.254. The summed E-state index contributed by atoms with van der Waals surface area (Å²) < 4.78 is 0. The Morgan fingerprint density at radius 3 is 2.61 bits per heavy atom. The van der Waals surface area contributed by atoms with Gasteiger partial charge in [-0.3, -0.25) is 4.90 Å². The van der Waals surface area contributed by atoms with Crippen LogP contribution in [0.5, 0.6) is 0 Å². The van der Waals surface area contributed by atoms with Crippen LogP contribution in [-0.4, -0.2) is 51.2 Å². The zero-order valence-corrected chi connectivity index (χ0v) is 11.7. The standard InChI is InChI=1S/C15H25N3/c1-14-5-3-6-15(13-14)18-11-9-17(10-12-18)8-4-7-16-2/h3,5-6,13,16H,4,7-12H2,1-2H3. The molecule has 0 amide bonds. The molecule has 3 nitrogen and oxygen atoms in total. The molecule has 1 saturated heterocycles. The smallest absolute Gasteiger partial charge is 0.0369 e. The summed E-state index contributed by atoms with van der Waals surface area (Å²) in [5.41, 5.74) is 2.73. The summed E-state index contributed by atoms with van der Waals surface area (Å²) in [6.45, 7) is 9.21. The van der Waals surface area contributed by atoms with Crippen molar-refractivity contribution in [3.05, 3.63) is 29.8 Å². The second kappa shape index (κ2) is 6.76. The lowest BCUT2D eigenvalue weighted by Crippen LogP contribution is -2.46. The largest absolute Gasteiger partial charge is 0.369 e. The van der Waals surface area contributed by atoms with Crippen LogP contribution in [0.25, 0.3) is 0 Å². The normalized spacial score (nSPS) is 17.1. The first kappa shape index (κ1) is 13.4. The van der Waals surface area contributed by atoms with Crippen LogP contribution in [0.3, 0.4) is 0 Å². The maximum absolute atomic E-state index is 3.21. The van der Waals surface area contributed by atoms with Crippen LogP contribution in [-0.2, 0) is 0 Å². The molecule has 0 aromatic heterocycles. The van der Waals surface area contributed by atoms with Crippen LogP contribution in [0.1, 0.15) is 12.0 Å². The Morgan fingerprint density at radius 1 is 1.17 bits per heavy atom. The quantitative estimate of drug-likeness (QED) is 0.799. The first-order chi connectivity index (χ1) is 8.79. The van der Waals surface area contributed by atoms with Crippen molar-refractivity contribution >= 4 is 5.69 Å². The topological polar surface area (TPSA) is 18.5 Å². The zero-order chi connectivity index (χ0) is 12.8. The van der Waals surface area contributed by atoms with Gasteiger partial charge < -0.3 is 10.2 Å². The molecule has 1 N–H and O–H groups in total. The second-order valence-corrected chi connectivity index (χ2v) is 5.12. The summed E-state index contributed by atoms with van der Waals surface area (Å²) in [7, 11) is 2.02. The highest BCUT2D eigenvalue weighted by Crippen LogP contribution is 2.17. The van der Waals surface area contributed by atoms with E-state index in [0.717, 1.165) is 19.6 Å². The van der Waals surface area contributed by atoms with Gasteiger partial charge >= 0.3 is 0 Å². The molecule has 3 heteroatoms. The summed E-state index contributed by atoms with van der Waals surface area (Å²) in [6.07, 6.45) is 1.25. The van der Waals surface area contributed by atoms with Gasteiger partial charge in [-0.1, -0.05) is 12.1 Å². The highest BCUT2D eigenvalue weighted by atomic mass is 15.3. The Balaban J connectivity index is 1.79. The number of aryl methyl sites for hydroxylation is 1. The fraction of sp³-hybridized carbons (Fsp3) is 0.600.